The number of fused-ring (bicyclic) bond motifs is 1. The van der Waals surface area contributed by atoms with Gasteiger partial charge in [0, 0.05) is 27.2 Å². The molecule has 0 unspecified atom stereocenters. The zero-order valence-electron chi connectivity index (χ0n) is 18.9. The van der Waals surface area contributed by atoms with Crippen LogP contribution >= 0.6 is 0 Å². The van der Waals surface area contributed by atoms with Crippen LogP contribution in [-0.2, 0) is 38.1 Å². The Hall–Kier alpha value is -2.08. The molecule has 8 atom stereocenters. The Morgan fingerprint density at radius 1 is 1.03 bits per heavy atom. The Balaban J connectivity index is 2.42. The topological polar surface area (TPSA) is 166 Å². The first-order chi connectivity index (χ1) is 14.5. The van der Waals surface area contributed by atoms with Gasteiger partial charge < -0.3 is 34.3 Å². The van der Waals surface area contributed by atoms with E-state index in [1.807, 2.05) is 0 Å². The lowest BCUT2D eigenvalue weighted by atomic mass is 9.46. The second-order valence-corrected chi connectivity index (χ2v) is 9.65. The predicted molar refractivity (Wildman–Crippen MR) is 104 cm³/mol. The molecule has 2 aliphatic carbocycles. The number of hydrogen-bond donors (Lipinski definition) is 3. The smallest absolute Gasteiger partial charge is 0.303 e. The number of aliphatic hydroxyl groups is 3. The highest BCUT2D eigenvalue weighted by Crippen LogP contribution is 2.67. The molecule has 180 valence electrons. The fourth-order valence-corrected chi connectivity index (χ4v) is 6.11. The number of carbonyl (C=O) groups excluding carboxylic acids is 4. The molecule has 3 fully saturated rings. The molecule has 1 heterocycles. The summed E-state index contributed by atoms with van der Waals surface area (Å²) in [4.78, 5) is 49.5. The summed E-state index contributed by atoms with van der Waals surface area (Å²) >= 11 is 0. The highest BCUT2D eigenvalue weighted by molar-refractivity contribution is 5.92. The van der Waals surface area contributed by atoms with Crippen LogP contribution in [0.15, 0.2) is 0 Å². The molecule has 1 spiro atoms. The molecule has 0 aromatic heterocycles. The lowest BCUT2D eigenvalue weighted by molar-refractivity contribution is -0.350. The van der Waals surface area contributed by atoms with Gasteiger partial charge in [0.25, 0.3) is 0 Å². The minimum atomic E-state index is -2.15. The molecule has 3 rings (SSSR count). The molecule has 2 bridgehead atoms. The summed E-state index contributed by atoms with van der Waals surface area (Å²) in [5.74, 6) is -4.51. The van der Waals surface area contributed by atoms with Gasteiger partial charge in [0.15, 0.2) is 11.9 Å². The number of ketones is 1. The highest BCUT2D eigenvalue weighted by atomic mass is 16.6. The Morgan fingerprint density at radius 2 is 1.59 bits per heavy atom. The van der Waals surface area contributed by atoms with E-state index in [1.54, 1.807) is 0 Å². The summed E-state index contributed by atoms with van der Waals surface area (Å²) in [5.41, 5.74) is -7.64. The third kappa shape index (κ3) is 3.09. The van der Waals surface area contributed by atoms with Crippen molar-refractivity contribution < 1.29 is 53.4 Å². The van der Waals surface area contributed by atoms with Crippen LogP contribution in [0.5, 0.6) is 0 Å². The first kappa shape index (κ1) is 24.6. The molecular formula is C21H30O11. The summed E-state index contributed by atoms with van der Waals surface area (Å²) < 4.78 is 22.3. The van der Waals surface area contributed by atoms with Crippen molar-refractivity contribution in [1.82, 2.24) is 0 Å². The predicted octanol–water partition coefficient (Wildman–Crippen LogP) is -0.978. The van der Waals surface area contributed by atoms with Crippen LogP contribution < -0.4 is 0 Å². The Labute approximate surface area is 185 Å². The van der Waals surface area contributed by atoms with Crippen LogP contribution in [0.3, 0.4) is 0 Å². The third-order valence-corrected chi connectivity index (χ3v) is 6.98. The summed E-state index contributed by atoms with van der Waals surface area (Å²) in [5, 5.41) is 33.9. The number of rotatable bonds is 4. The van der Waals surface area contributed by atoms with E-state index >= 15 is 0 Å². The second kappa shape index (κ2) is 7.47. The van der Waals surface area contributed by atoms with Gasteiger partial charge in [0.2, 0.25) is 0 Å². The molecule has 0 radical (unpaired) electrons. The van der Waals surface area contributed by atoms with Crippen LogP contribution in [0, 0.1) is 11.3 Å². The molecule has 0 aromatic carbocycles. The van der Waals surface area contributed by atoms with Crippen molar-refractivity contribution in [3.63, 3.8) is 0 Å². The van der Waals surface area contributed by atoms with Crippen molar-refractivity contribution in [3.8, 4) is 0 Å². The molecule has 11 heteroatoms. The molecule has 3 N–H and O–H groups in total. The van der Waals surface area contributed by atoms with Crippen molar-refractivity contribution in [2.75, 3.05) is 6.61 Å². The Morgan fingerprint density at radius 3 is 2.09 bits per heavy atom. The van der Waals surface area contributed by atoms with Crippen LogP contribution in [-0.4, -0.2) is 86.8 Å². The van der Waals surface area contributed by atoms with Crippen LogP contribution in [0.2, 0.25) is 0 Å². The highest BCUT2D eigenvalue weighted by Gasteiger charge is 2.87. The monoisotopic (exact) mass is 458 g/mol. The van der Waals surface area contributed by atoms with Crippen molar-refractivity contribution in [3.05, 3.63) is 0 Å². The number of carbonyl (C=O) groups is 4. The van der Waals surface area contributed by atoms with Crippen molar-refractivity contribution in [2.24, 2.45) is 11.3 Å². The minimum Gasteiger partial charge on any atom is -0.465 e. The largest absolute Gasteiger partial charge is 0.465 e. The van der Waals surface area contributed by atoms with E-state index in [1.165, 1.54) is 20.8 Å². The molecular weight excluding hydrogens is 428 g/mol. The first-order valence-electron chi connectivity index (χ1n) is 10.4. The van der Waals surface area contributed by atoms with Gasteiger partial charge in [0.1, 0.15) is 23.7 Å². The van der Waals surface area contributed by atoms with Gasteiger partial charge in [0.05, 0.1) is 29.3 Å². The van der Waals surface area contributed by atoms with Crippen molar-refractivity contribution in [2.45, 2.75) is 89.2 Å². The molecule has 32 heavy (non-hydrogen) atoms. The zero-order valence-corrected chi connectivity index (χ0v) is 18.9. The van der Waals surface area contributed by atoms with Crippen LogP contribution in [0.1, 0.15) is 48.0 Å². The molecule has 2 saturated carbocycles. The molecule has 0 amide bonds. The third-order valence-electron chi connectivity index (χ3n) is 6.98. The number of hydrogen-bond acceptors (Lipinski definition) is 11. The fraction of sp³-hybridized carbons (Fsp3) is 0.810. The van der Waals surface area contributed by atoms with E-state index in [2.05, 4.69) is 0 Å². The summed E-state index contributed by atoms with van der Waals surface area (Å²) in [6, 6.07) is 0. The summed E-state index contributed by atoms with van der Waals surface area (Å²) in [6.07, 6.45) is -7.03. The molecule has 1 aliphatic heterocycles. The fourth-order valence-electron chi connectivity index (χ4n) is 6.11. The molecule has 3 aliphatic rings. The number of esters is 3. The van der Waals surface area contributed by atoms with E-state index < -0.39 is 89.3 Å². The number of ether oxygens (including phenoxy) is 4. The standard InChI is InChI=1S/C21H30O11/c1-9(22)29-8-20-16(30-10(2)23)12(25)7-19(6,28)21(20)15(27)13(18(4,5)32-21)14(26)17(20)31-11(3)24/h12-13,15-17,25,27-28H,7-8H2,1-6H3/t12-,13+,15+,16-,17+,19-,20-,21-/m0/s1. The molecule has 1 saturated heterocycles. The van der Waals surface area contributed by atoms with E-state index in [0.29, 0.717) is 0 Å². The SMILES string of the molecule is CC(=O)OC[C@]12[C@H](OC(C)=O)C(=O)[C@@H]3[C@@H](O)[C@]1(OC3(C)C)[C@@](C)(O)C[C@H](O)[C@@H]2OC(C)=O. The van der Waals surface area contributed by atoms with Crippen molar-refractivity contribution in [1.29, 1.82) is 0 Å². The summed E-state index contributed by atoms with van der Waals surface area (Å²) in [6.45, 7) is 6.81. The average Bonchev–Trinajstić information content (AvgIpc) is 2.80. The van der Waals surface area contributed by atoms with E-state index in [9.17, 15) is 34.5 Å². The Kier molecular flexibility index (Phi) is 5.74. The van der Waals surface area contributed by atoms with E-state index in [0.717, 1.165) is 20.8 Å². The van der Waals surface area contributed by atoms with Crippen LogP contribution in [0.25, 0.3) is 0 Å². The van der Waals surface area contributed by atoms with Crippen LogP contribution in [0.4, 0.5) is 0 Å². The normalized spacial score (nSPS) is 44.4. The molecule has 11 nitrogen and oxygen atoms in total. The van der Waals surface area contributed by atoms with Gasteiger partial charge >= 0.3 is 17.9 Å². The number of Topliss-reactive ketones (excluding diaryl/α,β-unsaturated/α-hetero) is 1. The van der Waals surface area contributed by atoms with Gasteiger partial charge in [-0.2, -0.15) is 0 Å². The van der Waals surface area contributed by atoms with Gasteiger partial charge in [-0.25, -0.2) is 0 Å². The van der Waals surface area contributed by atoms with E-state index in [-0.39, 0.29) is 0 Å². The maximum Gasteiger partial charge on any atom is 0.303 e. The maximum absolute atomic E-state index is 13.6. The Bertz CT molecular complexity index is 849. The lowest BCUT2D eigenvalue weighted by Gasteiger charge is -2.64. The van der Waals surface area contributed by atoms with Gasteiger partial charge in [-0.05, 0) is 20.8 Å². The van der Waals surface area contributed by atoms with Crippen molar-refractivity contribution >= 4 is 23.7 Å². The second-order valence-electron chi connectivity index (χ2n) is 9.65. The minimum absolute atomic E-state index is 0.409. The summed E-state index contributed by atoms with van der Waals surface area (Å²) in [7, 11) is 0. The lowest BCUT2D eigenvalue weighted by Crippen LogP contribution is -2.84. The number of aliphatic hydroxyl groups excluding tert-OH is 2. The average molecular weight is 458 g/mol. The van der Waals surface area contributed by atoms with E-state index in [4.69, 9.17) is 18.9 Å². The maximum atomic E-state index is 13.6. The van der Waals surface area contributed by atoms with Gasteiger partial charge in [-0.15, -0.1) is 0 Å². The molecule has 0 aromatic rings. The zero-order chi connectivity index (χ0) is 24.4. The first-order valence-corrected chi connectivity index (χ1v) is 10.4. The van der Waals surface area contributed by atoms with Gasteiger partial charge in [-0.1, -0.05) is 0 Å². The van der Waals surface area contributed by atoms with Gasteiger partial charge in [-0.3, -0.25) is 19.2 Å². The quantitative estimate of drug-likeness (QED) is 0.350.